The van der Waals surface area contributed by atoms with E-state index in [1.165, 1.54) is 13.0 Å². The van der Waals surface area contributed by atoms with Crippen LogP contribution in [-0.4, -0.2) is 12.1 Å². The first kappa shape index (κ1) is 8.70. The lowest BCUT2D eigenvalue weighted by Crippen LogP contribution is -2.12. The Bertz CT molecular complexity index is 169. The van der Waals surface area contributed by atoms with Crippen LogP contribution in [0.2, 0.25) is 0 Å². The average molecular weight is 139 g/mol. The molecule has 0 aromatic rings. The summed E-state index contributed by atoms with van der Waals surface area (Å²) in [6.45, 7) is 4.70. The van der Waals surface area contributed by atoms with Crippen molar-refractivity contribution in [3.63, 3.8) is 0 Å². The average Bonchev–Trinajstić information content (AvgIpc) is 1.86. The van der Waals surface area contributed by atoms with Crippen molar-refractivity contribution in [2.24, 2.45) is 0 Å². The molecule has 0 saturated carbocycles. The zero-order chi connectivity index (χ0) is 7.98. The number of hydrogen-bond donors (Lipinski definition) is 0. The lowest BCUT2D eigenvalue weighted by Gasteiger charge is -2.06. The molecule has 0 radical (unpaired) electrons. The van der Waals surface area contributed by atoms with E-state index in [0.717, 1.165) is 0 Å². The molecule has 0 aliphatic rings. The van der Waals surface area contributed by atoms with Crippen LogP contribution in [0.15, 0.2) is 12.7 Å². The summed E-state index contributed by atoms with van der Waals surface area (Å²) in [5.41, 5.74) is 0. The SMILES string of the molecule is C=C[C@@H](CC#N)OC(C)=O. The lowest BCUT2D eigenvalue weighted by atomic mass is 10.3. The van der Waals surface area contributed by atoms with E-state index in [1.54, 1.807) is 0 Å². The predicted molar refractivity (Wildman–Crippen MR) is 36.0 cm³/mol. The van der Waals surface area contributed by atoms with Crippen molar-refractivity contribution >= 4 is 5.97 Å². The summed E-state index contributed by atoms with van der Waals surface area (Å²) < 4.78 is 4.66. The quantitative estimate of drug-likeness (QED) is 0.433. The van der Waals surface area contributed by atoms with E-state index >= 15 is 0 Å². The molecule has 0 amide bonds. The number of hydrogen-bond acceptors (Lipinski definition) is 3. The van der Waals surface area contributed by atoms with Gasteiger partial charge in [-0.15, -0.1) is 0 Å². The third kappa shape index (κ3) is 3.67. The Morgan fingerprint density at radius 3 is 2.90 bits per heavy atom. The Labute approximate surface area is 59.9 Å². The summed E-state index contributed by atoms with van der Waals surface area (Å²) >= 11 is 0. The number of carbonyl (C=O) groups is 1. The molecule has 3 nitrogen and oxygen atoms in total. The summed E-state index contributed by atoms with van der Waals surface area (Å²) in [6.07, 6.45) is 1.15. The predicted octanol–water partition coefficient (Wildman–Crippen LogP) is 1.02. The first-order valence-electron chi connectivity index (χ1n) is 2.87. The first-order valence-corrected chi connectivity index (χ1v) is 2.87. The summed E-state index contributed by atoms with van der Waals surface area (Å²) in [7, 11) is 0. The van der Waals surface area contributed by atoms with Crippen molar-refractivity contribution < 1.29 is 9.53 Å². The molecule has 0 unspecified atom stereocenters. The van der Waals surface area contributed by atoms with Crippen molar-refractivity contribution in [1.29, 1.82) is 5.26 Å². The molecule has 0 rings (SSSR count). The molecule has 10 heavy (non-hydrogen) atoms. The molecule has 0 aromatic heterocycles. The van der Waals surface area contributed by atoms with E-state index < -0.39 is 6.10 Å². The molecule has 54 valence electrons. The molecular weight excluding hydrogens is 130 g/mol. The van der Waals surface area contributed by atoms with Crippen molar-refractivity contribution in [3.05, 3.63) is 12.7 Å². The summed E-state index contributed by atoms with van der Waals surface area (Å²) in [4.78, 5) is 10.3. The van der Waals surface area contributed by atoms with E-state index in [-0.39, 0.29) is 12.4 Å². The number of ether oxygens (including phenoxy) is 1. The Morgan fingerprint density at radius 2 is 2.60 bits per heavy atom. The van der Waals surface area contributed by atoms with Crippen molar-refractivity contribution in [2.45, 2.75) is 19.4 Å². The summed E-state index contributed by atoms with van der Waals surface area (Å²) in [5, 5.41) is 8.19. The fourth-order valence-corrected chi connectivity index (χ4v) is 0.476. The van der Waals surface area contributed by atoms with Crippen LogP contribution in [-0.2, 0) is 9.53 Å². The largest absolute Gasteiger partial charge is 0.457 e. The topological polar surface area (TPSA) is 50.1 Å². The maximum Gasteiger partial charge on any atom is 0.303 e. The fraction of sp³-hybridized carbons (Fsp3) is 0.429. The Morgan fingerprint density at radius 1 is 2.00 bits per heavy atom. The van der Waals surface area contributed by atoms with Crippen LogP contribution in [0, 0.1) is 11.3 Å². The molecule has 3 heteroatoms. The number of nitriles is 1. The minimum atomic E-state index is -0.456. The molecule has 0 fully saturated rings. The van der Waals surface area contributed by atoms with Gasteiger partial charge >= 0.3 is 5.97 Å². The van der Waals surface area contributed by atoms with Crippen LogP contribution in [0.4, 0.5) is 0 Å². The van der Waals surface area contributed by atoms with Gasteiger partial charge < -0.3 is 4.74 Å². The van der Waals surface area contributed by atoms with Crippen LogP contribution >= 0.6 is 0 Å². The van der Waals surface area contributed by atoms with E-state index in [4.69, 9.17) is 5.26 Å². The molecule has 0 N–H and O–H groups in total. The summed E-state index contributed by atoms with van der Waals surface area (Å²) in [5.74, 6) is -0.389. The highest BCUT2D eigenvalue weighted by Gasteiger charge is 2.04. The normalized spacial score (nSPS) is 11.2. The van der Waals surface area contributed by atoms with Crippen LogP contribution in [0.5, 0.6) is 0 Å². The molecule has 0 heterocycles. The molecule has 0 aliphatic heterocycles. The number of rotatable bonds is 3. The van der Waals surface area contributed by atoms with Gasteiger partial charge in [-0.1, -0.05) is 12.7 Å². The number of esters is 1. The van der Waals surface area contributed by atoms with Gasteiger partial charge in [0.2, 0.25) is 0 Å². The zero-order valence-corrected chi connectivity index (χ0v) is 5.83. The van der Waals surface area contributed by atoms with Gasteiger partial charge in [0, 0.05) is 6.92 Å². The van der Waals surface area contributed by atoms with Crippen LogP contribution in [0.1, 0.15) is 13.3 Å². The second-order valence-corrected chi connectivity index (χ2v) is 1.75. The third-order valence-electron chi connectivity index (χ3n) is 0.873. The number of carbonyl (C=O) groups excluding carboxylic acids is 1. The van der Waals surface area contributed by atoms with Gasteiger partial charge in [-0.25, -0.2) is 0 Å². The van der Waals surface area contributed by atoms with E-state index in [9.17, 15) is 4.79 Å². The maximum absolute atomic E-state index is 10.3. The van der Waals surface area contributed by atoms with Crippen LogP contribution < -0.4 is 0 Å². The summed E-state index contributed by atoms with van der Waals surface area (Å²) in [6, 6.07) is 1.88. The molecule has 0 aliphatic carbocycles. The van der Waals surface area contributed by atoms with Gasteiger partial charge in [0.15, 0.2) is 0 Å². The fourth-order valence-electron chi connectivity index (χ4n) is 0.476. The second kappa shape index (κ2) is 4.57. The molecule has 0 saturated heterocycles. The smallest absolute Gasteiger partial charge is 0.303 e. The Hall–Kier alpha value is -1.30. The van der Waals surface area contributed by atoms with Crippen molar-refractivity contribution in [3.8, 4) is 6.07 Å². The minimum Gasteiger partial charge on any atom is -0.457 e. The van der Waals surface area contributed by atoms with Gasteiger partial charge in [0.25, 0.3) is 0 Å². The highest BCUT2D eigenvalue weighted by atomic mass is 16.5. The molecule has 0 aromatic carbocycles. The van der Waals surface area contributed by atoms with Gasteiger partial charge in [0.1, 0.15) is 6.10 Å². The molecular formula is C7H9NO2. The van der Waals surface area contributed by atoms with Crippen molar-refractivity contribution in [1.82, 2.24) is 0 Å². The Balaban J connectivity index is 3.73. The minimum absolute atomic E-state index is 0.170. The second-order valence-electron chi connectivity index (χ2n) is 1.75. The van der Waals surface area contributed by atoms with Gasteiger partial charge in [-0.05, 0) is 0 Å². The maximum atomic E-state index is 10.3. The standard InChI is InChI=1S/C7H9NO2/c1-3-7(4-5-8)10-6(2)9/h3,7H,1,4H2,2H3/t7-/m0/s1. The lowest BCUT2D eigenvalue weighted by molar-refractivity contribution is -0.143. The highest BCUT2D eigenvalue weighted by Crippen LogP contribution is 1.97. The van der Waals surface area contributed by atoms with Gasteiger partial charge in [-0.2, -0.15) is 5.26 Å². The van der Waals surface area contributed by atoms with Crippen molar-refractivity contribution in [2.75, 3.05) is 0 Å². The van der Waals surface area contributed by atoms with Crippen LogP contribution in [0.3, 0.4) is 0 Å². The van der Waals surface area contributed by atoms with Crippen LogP contribution in [0.25, 0.3) is 0 Å². The van der Waals surface area contributed by atoms with E-state index in [1.807, 2.05) is 6.07 Å². The molecule has 0 bridgehead atoms. The zero-order valence-electron chi connectivity index (χ0n) is 5.83. The highest BCUT2D eigenvalue weighted by molar-refractivity contribution is 5.66. The Kier molecular flexibility index (Phi) is 3.97. The third-order valence-corrected chi connectivity index (χ3v) is 0.873. The molecule has 0 spiro atoms. The van der Waals surface area contributed by atoms with Gasteiger partial charge in [0.05, 0.1) is 12.5 Å². The first-order chi connectivity index (χ1) is 4.70. The van der Waals surface area contributed by atoms with E-state index in [0.29, 0.717) is 0 Å². The molecule has 1 atom stereocenters. The van der Waals surface area contributed by atoms with E-state index in [2.05, 4.69) is 11.3 Å². The number of nitrogens with zero attached hydrogens (tertiary/aromatic N) is 1. The monoisotopic (exact) mass is 139 g/mol. The van der Waals surface area contributed by atoms with Gasteiger partial charge in [-0.3, -0.25) is 4.79 Å².